The average Bonchev–Trinajstić information content (AvgIpc) is 2.69. The van der Waals surface area contributed by atoms with Gasteiger partial charge < -0.3 is 4.90 Å². The summed E-state index contributed by atoms with van der Waals surface area (Å²) in [5, 5.41) is 0. The van der Waals surface area contributed by atoms with Crippen molar-refractivity contribution in [3.8, 4) is 0 Å². The molecule has 1 fully saturated rings. The molecule has 0 amide bonds. The van der Waals surface area contributed by atoms with Crippen LogP contribution in [0.4, 0.5) is 18.9 Å². The highest BCUT2D eigenvalue weighted by molar-refractivity contribution is 5.55. The highest BCUT2D eigenvalue weighted by Gasteiger charge is 2.31. The normalized spacial score (nSPS) is 16.9. The van der Waals surface area contributed by atoms with Crippen LogP contribution < -0.4 is 4.90 Å². The Morgan fingerprint density at radius 3 is 2.25 bits per heavy atom. The van der Waals surface area contributed by atoms with Gasteiger partial charge >= 0.3 is 6.18 Å². The largest absolute Gasteiger partial charge is 0.416 e. The summed E-state index contributed by atoms with van der Waals surface area (Å²) in [5.41, 5.74) is 1.08. The van der Waals surface area contributed by atoms with Gasteiger partial charge in [0.2, 0.25) is 0 Å². The van der Waals surface area contributed by atoms with Crippen molar-refractivity contribution in [1.29, 1.82) is 0 Å². The Morgan fingerprint density at radius 1 is 1.12 bits per heavy atom. The van der Waals surface area contributed by atoms with Gasteiger partial charge in [-0.25, -0.2) is 0 Å². The lowest BCUT2D eigenvalue weighted by molar-refractivity contribution is -0.137. The number of benzene rings is 1. The fourth-order valence-electron chi connectivity index (χ4n) is 2.14. The molecule has 1 aromatic rings. The fraction of sp³-hybridized carbons (Fsp3) is 0.500. The molecule has 0 atom stereocenters. The van der Waals surface area contributed by atoms with Crippen molar-refractivity contribution in [3.63, 3.8) is 0 Å². The molecule has 16 heavy (non-hydrogen) atoms. The van der Waals surface area contributed by atoms with Crippen LogP contribution in [-0.2, 0) is 6.18 Å². The molecule has 0 N–H and O–H groups in total. The number of halogens is 3. The zero-order valence-electron chi connectivity index (χ0n) is 9.14. The molecule has 0 aromatic heterocycles. The van der Waals surface area contributed by atoms with Crippen molar-refractivity contribution in [3.05, 3.63) is 29.3 Å². The van der Waals surface area contributed by atoms with Gasteiger partial charge in [0.25, 0.3) is 0 Å². The maximum absolute atomic E-state index is 12.5. The number of alkyl halides is 3. The Kier molecular flexibility index (Phi) is 2.82. The van der Waals surface area contributed by atoms with Crippen LogP contribution in [-0.4, -0.2) is 13.1 Å². The second kappa shape index (κ2) is 4.00. The SMILES string of the molecule is Cc1cc(C(F)(F)F)ccc1N1CCCC1. The summed E-state index contributed by atoms with van der Waals surface area (Å²) in [5.74, 6) is 0. The Morgan fingerprint density at radius 2 is 1.75 bits per heavy atom. The van der Waals surface area contributed by atoms with E-state index in [2.05, 4.69) is 4.90 Å². The first-order valence-electron chi connectivity index (χ1n) is 5.41. The molecule has 1 nitrogen and oxygen atoms in total. The first-order chi connectivity index (χ1) is 7.48. The standard InChI is InChI=1S/C12H14F3N/c1-9-8-10(12(13,14)15)4-5-11(9)16-6-2-3-7-16/h4-5,8H,2-3,6-7H2,1H3. The molecule has 0 radical (unpaired) electrons. The number of aryl methyl sites for hydroxylation is 1. The minimum absolute atomic E-state index is 0.562. The van der Waals surface area contributed by atoms with Crippen LogP contribution in [0.1, 0.15) is 24.0 Å². The molecule has 0 saturated carbocycles. The van der Waals surface area contributed by atoms with Crippen molar-refractivity contribution in [2.45, 2.75) is 25.9 Å². The molecule has 0 aliphatic carbocycles. The van der Waals surface area contributed by atoms with Crippen LogP contribution in [0.2, 0.25) is 0 Å². The highest BCUT2D eigenvalue weighted by atomic mass is 19.4. The lowest BCUT2D eigenvalue weighted by Gasteiger charge is -2.21. The van der Waals surface area contributed by atoms with Crippen LogP contribution in [0.25, 0.3) is 0 Å². The van der Waals surface area contributed by atoms with Crippen LogP contribution in [0.15, 0.2) is 18.2 Å². The van der Waals surface area contributed by atoms with Crippen LogP contribution >= 0.6 is 0 Å². The Balaban J connectivity index is 2.29. The molecule has 1 aliphatic rings. The van der Waals surface area contributed by atoms with E-state index in [1.54, 1.807) is 13.0 Å². The zero-order valence-corrected chi connectivity index (χ0v) is 9.14. The maximum Gasteiger partial charge on any atom is 0.416 e. The van der Waals surface area contributed by atoms with Gasteiger partial charge in [-0.15, -0.1) is 0 Å². The number of rotatable bonds is 1. The summed E-state index contributed by atoms with van der Waals surface area (Å²) in [4.78, 5) is 2.15. The summed E-state index contributed by atoms with van der Waals surface area (Å²) in [6.07, 6.45) is -1.99. The maximum atomic E-state index is 12.5. The summed E-state index contributed by atoms with van der Waals surface area (Å²) in [6, 6.07) is 3.98. The molecule has 1 heterocycles. The molecule has 1 aliphatic heterocycles. The van der Waals surface area contributed by atoms with E-state index in [0.717, 1.165) is 31.6 Å². The van der Waals surface area contributed by atoms with Crippen molar-refractivity contribution < 1.29 is 13.2 Å². The molecular formula is C12H14F3N. The smallest absolute Gasteiger partial charge is 0.371 e. The van der Waals surface area contributed by atoms with Crippen molar-refractivity contribution in [1.82, 2.24) is 0 Å². The third kappa shape index (κ3) is 2.15. The van der Waals surface area contributed by atoms with Crippen molar-refractivity contribution >= 4 is 5.69 Å². The van der Waals surface area contributed by atoms with Crippen LogP contribution in [0.3, 0.4) is 0 Å². The van der Waals surface area contributed by atoms with Gasteiger partial charge in [-0.1, -0.05) is 0 Å². The van der Waals surface area contributed by atoms with E-state index >= 15 is 0 Å². The van der Waals surface area contributed by atoms with Gasteiger partial charge in [-0.2, -0.15) is 13.2 Å². The second-order valence-electron chi connectivity index (χ2n) is 4.19. The Hall–Kier alpha value is -1.19. The van der Waals surface area contributed by atoms with E-state index in [0.29, 0.717) is 5.56 Å². The third-order valence-corrected chi connectivity index (χ3v) is 2.97. The summed E-state index contributed by atoms with van der Waals surface area (Å²) in [7, 11) is 0. The molecule has 2 rings (SSSR count). The Bertz CT molecular complexity index is 378. The molecule has 88 valence electrons. The lowest BCUT2D eigenvalue weighted by Crippen LogP contribution is -2.19. The highest BCUT2D eigenvalue weighted by Crippen LogP contribution is 2.33. The molecule has 1 saturated heterocycles. The fourth-order valence-corrected chi connectivity index (χ4v) is 2.14. The van der Waals surface area contributed by atoms with Crippen molar-refractivity contribution in [2.24, 2.45) is 0 Å². The van der Waals surface area contributed by atoms with Gasteiger partial charge in [0.05, 0.1) is 5.56 Å². The molecule has 1 aromatic carbocycles. The van der Waals surface area contributed by atoms with E-state index < -0.39 is 11.7 Å². The van der Waals surface area contributed by atoms with E-state index in [1.165, 1.54) is 12.1 Å². The van der Waals surface area contributed by atoms with Gasteiger partial charge in [0.15, 0.2) is 0 Å². The van der Waals surface area contributed by atoms with Crippen LogP contribution in [0.5, 0.6) is 0 Å². The summed E-state index contributed by atoms with van der Waals surface area (Å²) >= 11 is 0. The predicted molar refractivity (Wildman–Crippen MR) is 57.6 cm³/mol. The Labute approximate surface area is 92.9 Å². The van der Waals surface area contributed by atoms with E-state index in [1.807, 2.05) is 0 Å². The second-order valence-corrected chi connectivity index (χ2v) is 4.19. The minimum Gasteiger partial charge on any atom is -0.371 e. The van der Waals surface area contributed by atoms with Gasteiger partial charge in [-0.05, 0) is 43.5 Å². The summed E-state index contributed by atoms with van der Waals surface area (Å²) in [6.45, 7) is 3.64. The predicted octanol–water partition coefficient (Wildman–Crippen LogP) is 3.61. The van der Waals surface area contributed by atoms with Gasteiger partial charge in [0.1, 0.15) is 0 Å². The average molecular weight is 229 g/mol. The van der Waals surface area contributed by atoms with Gasteiger partial charge in [0, 0.05) is 18.8 Å². The summed E-state index contributed by atoms with van der Waals surface area (Å²) < 4.78 is 37.4. The lowest BCUT2D eigenvalue weighted by atomic mass is 10.1. The molecule has 0 unspecified atom stereocenters. The minimum atomic E-state index is -4.24. The van der Waals surface area contributed by atoms with Gasteiger partial charge in [-0.3, -0.25) is 0 Å². The van der Waals surface area contributed by atoms with Crippen molar-refractivity contribution in [2.75, 3.05) is 18.0 Å². The number of nitrogens with zero attached hydrogens (tertiary/aromatic N) is 1. The first kappa shape index (κ1) is 11.3. The quantitative estimate of drug-likeness (QED) is 0.711. The number of anilines is 1. The van der Waals surface area contributed by atoms with Crippen LogP contribution in [0, 0.1) is 6.92 Å². The number of hydrogen-bond acceptors (Lipinski definition) is 1. The molecular weight excluding hydrogens is 215 g/mol. The first-order valence-corrected chi connectivity index (χ1v) is 5.41. The van der Waals surface area contributed by atoms with E-state index in [-0.39, 0.29) is 0 Å². The monoisotopic (exact) mass is 229 g/mol. The molecule has 4 heteroatoms. The molecule has 0 bridgehead atoms. The third-order valence-electron chi connectivity index (χ3n) is 2.97. The molecule has 0 spiro atoms. The number of hydrogen-bond donors (Lipinski definition) is 0. The van der Waals surface area contributed by atoms with E-state index in [9.17, 15) is 13.2 Å². The topological polar surface area (TPSA) is 3.24 Å². The zero-order chi connectivity index (χ0) is 11.8. The van der Waals surface area contributed by atoms with E-state index in [4.69, 9.17) is 0 Å².